The predicted octanol–water partition coefficient (Wildman–Crippen LogP) is 3.18. The first-order valence-corrected chi connectivity index (χ1v) is 11.8. The van der Waals surface area contributed by atoms with Gasteiger partial charge in [0.1, 0.15) is 12.1 Å². The Morgan fingerprint density at radius 1 is 1.13 bits per heavy atom. The Morgan fingerprint density at radius 2 is 1.90 bits per heavy atom. The van der Waals surface area contributed by atoms with Gasteiger partial charge in [0, 0.05) is 24.9 Å². The highest BCUT2D eigenvalue weighted by molar-refractivity contribution is 7.07. The highest BCUT2D eigenvalue weighted by Crippen LogP contribution is 2.32. The van der Waals surface area contributed by atoms with E-state index in [1.807, 2.05) is 23.6 Å². The summed E-state index contributed by atoms with van der Waals surface area (Å²) in [6.07, 6.45) is 4.55. The van der Waals surface area contributed by atoms with Crippen LogP contribution < -0.4 is 0 Å². The lowest BCUT2D eigenvalue weighted by atomic mass is 10.0. The van der Waals surface area contributed by atoms with Crippen LogP contribution in [0.3, 0.4) is 0 Å². The quantitative estimate of drug-likeness (QED) is 0.737. The molecule has 6 nitrogen and oxygen atoms in total. The Morgan fingerprint density at radius 3 is 2.67 bits per heavy atom. The second-order valence-corrected chi connectivity index (χ2v) is 8.90. The molecule has 4 rings (SSSR count). The van der Waals surface area contributed by atoms with E-state index in [0.717, 1.165) is 32.1 Å². The lowest BCUT2D eigenvalue weighted by Crippen LogP contribution is -2.50. The number of benzene rings is 1. The summed E-state index contributed by atoms with van der Waals surface area (Å²) in [4.78, 5) is 34.0. The van der Waals surface area contributed by atoms with Gasteiger partial charge in [-0.1, -0.05) is 30.3 Å². The number of aromatic nitrogens is 1. The van der Waals surface area contributed by atoms with Crippen molar-refractivity contribution in [3.8, 4) is 0 Å². The fourth-order valence-corrected chi connectivity index (χ4v) is 5.29. The first kappa shape index (κ1) is 21.0. The molecular formula is C23H29N3O3S. The van der Waals surface area contributed by atoms with Crippen molar-refractivity contribution in [1.82, 2.24) is 14.8 Å². The average molecular weight is 428 g/mol. The Bertz CT molecular complexity index is 843. The van der Waals surface area contributed by atoms with Gasteiger partial charge in [0.25, 0.3) is 0 Å². The number of aliphatic hydroxyl groups is 1. The number of likely N-dealkylation sites (tertiary alicyclic amines) is 2. The minimum atomic E-state index is -0.765. The van der Waals surface area contributed by atoms with Crippen molar-refractivity contribution >= 4 is 23.2 Å². The third-order valence-corrected chi connectivity index (χ3v) is 6.86. The highest BCUT2D eigenvalue weighted by Gasteiger charge is 2.42. The van der Waals surface area contributed by atoms with Crippen LogP contribution in [0, 0.1) is 0 Å². The van der Waals surface area contributed by atoms with Crippen molar-refractivity contribution in [1.29, 1.82) is 0 Å². The van der Waals surface area contributed by atoms with E-state index in [9.17, 15) is 14.7 Å². The SMILES string of the molecule is O=C(CCCc1ccccc1)N1CCC[C@H]1C(=O)N1CCC[C@H]1C(O)c1cscn1. The maximum absolute atomic E-state index is 13.3. The number of thiazole rings is 1. The molecule has 2 amide bonds. The summed E-state index contributed by atoms with van der Waals surface area (Å²) in [6, 6.07) is 9.53. The fourth-order valence-electron chi connectivity index (χ4n) is 4.70. The van der Waals surface area contributed by atoms with Crippen molar-refractivity contribution < 1.29 is 14.7 Å². The fraction of sp³-hybridized carbons (Fsp3) is 0.522. The van der Waals surface area contributed by atoms with Gasteiger partial charge in [0.15, 0.2) is 0 Å². The number of rotatable bonds is 7. The molecule has 2 aliphatic rings. The van der Waals surface area contributed by atoms with Gasteiger partial charge in [0.05, 0.1) is 17.2 Å². The number of carbonyl (C=O) groups excluding carboxylic acids is 2. The molecule has 30 heavy (non-hydrogen) atoms. The summed E-state index contributed by atoms with van der Waals surface area (Å²) in [5.74, 6) is 0.0540. The largest absolute Gasteiger partial charge is 0.385 e. The van der Waals surface area contributed by atoms with E-state index < -0.39 is 12.1 Å². The summed E-state index contributed by atoms with van der Waals surface area (Å²) >= 11 is 1.44. The van der Waals surface area contributed by atoms with Crippen molar-refractivity contribution in [3.63, 3.8) is 0 Å². The van der Waals surface area contributed by atoms with E-state index in [1.165, 1.54) is 16.9 Å². The van der Waals surface area contributed by atoms with Gasteiger partial charge in [-0.25, -0.2) is 4.98 Å². The van der Waals surface area contributed by atoms with Crippen molar-refractivity contribution in [3.05, 3.63) is 52.5 Å². The molecule has 160 valence electrons. The van der Waals surface area contributed by atoms with Crippen LogP contribution in [0.2, 0.25) is 0 Å². The first-order chi connectivity index (χ1) is 14.6. The standard InChI is InChI=1S/C23H29N3O3S/c27-21(12-4-9-17-7-2-1-3-8-17)25-13-6-11-20(25)23(29)26-14-5-10-19(26)22(28)18-15-30-16-24-18/h1-3,7-8,15-16,19-20,22,28H,4-6,9-14H2/t19-,20-,22?/m0/s1. The lowest BCUT2D eigenvalue weighted by molar-refractivity contribution is -0.145. The molecule has 1 N–H and O–H groups in total. The van der Waals surface area contributed by atoms with E-state index in [2.05, 4.69) is 17.1 Å². The maximum atomic E-state index is 13.3. The third kappa shape index (κ3) is 4.57. The molecule has 3 heterocycles. The zero-order valence-corrected chi connectivity index (χ0v) is 18.0. The Labute approximate surface area is 181 Å². The number of aryl methyl sites for hydroxylation is 1. The van der Waals surface area contributed by atoms with E-state index in [1.54, 1.807) is 15.3 Å². The molecule has 0 aliphatic carbocycles. The molecule has 2 aromatic rings. The topological polar surface area (TPSA) is 73.7 Å². The van der Waals surface area contributed by atoms with Gasteiger partial charge in [-0.3, -0.25) is 9.59 Å². The monoisotopic (exact) mass is 427 g/mol. The van der Waals surface area contributed by atoms with E-state index in [4.69, 9.17) is 0 Å². The smallest absolute Gasteiger partial charge is 0.245 e. The normalized spacial score (nSPS) is 22.4. The van der Waals surface area contributed by atoms with Gasteiger partial charge in [-0.2, -0.15) is 0 Å². The number of aliphatic hydroxyl groups excluding tert-OH is 1. The van der Waals surface area contributed by atoms with Crippen LogP contribution in [0.5, 0.6) is 0 Å². The van der Waals surface area contributed by atoms with Crippen LogP contribution in [-0.2, 0) is 16.0 Å². The number of hydrogen-bond donors (Lipinski definition) is 1. The van der Waals surface area contributed by atoms with Crippen LogP contribution in [0.25, 0.3) is 0 Å². The molecule has 0 radical (unpaired) electrons. The second kappa shape index (κ2) is 9.71. The molecule has 0 spiro atoms. The Hall–Kier alpha value is -2.25. The Balaban J connectivity index is 1.36. The van der Waals surface area contributed by atoms with E-state index in [0.29, 0.717) is 31.6 Å². The minimum Gasteiger partial charge on any atom is -0.385 e. The molecule has 2 aliphatic heterocycles. The highest BCUT2D eigenvalue weighted by atomic mass is 32.1. The van der Waals surface area contributed by atoms with Gasteiger partial charge >= 0.3 is 0 Å². The number of carbonyl (C=O) groups is 2. The molecule has 2 saturated heterocycles. The van der Waals surface area contributed by atoms with Gasteiger partial charge in [0.2, 0.25) is 11.8 Å². The molecule has 3 atom stereocenters. The van der Waals surface area contributed by atoms with Crippen molar-refractivity contribution in [2.75, 3.05) is 13.1 Å². The van der Waals surface area contributed by atoms with Crippen LogP contribution in [-0.4, -0.2) is 56.9 Å². The van der Waals surface area contributed by atoms with Gasteiger partial charge in [-0.15, -0.1) is 11.3 Å². The lowest BCUT2D eigenvalue weighted by Gasteiger charge is -2.33. The average Bonchev–Trinajstić information content (AvgIpc) is 3.55. The predicted molar refractivity (Wildman–Crippen MR) is 116 cm³/mol. The Kier molecular flexibility index (Phi) is 6.79. The van der Waals surface area contributed by atoms with Crippen LogP contribution in [0.4, 0.5) is 0 Å². The third-order valence-electron chi connectivity index (χ3n) is 6.26. The molecule has 1 aromatic heterocycles. The molecule has 1 unspecified atom stereocenters. The molecule has 1 aromatic carbocycles. The molecule has 0 bridgehead atoms. The summed E-state index contributed by atoms with van der Waals surface area (Å²) in [5, 5.41) is 12.6. The van der Waals surface area contributed by atoms with Crippen molar-refractivity contribution in [2.24, 2.45) is 0 Å². The zero-order chi connectivity index (χ0) is 20.9. The molecule has 2 fully saturated rings. The zero-order valence-electron chi connectivity index (χ0n) is 17.2. The van der Waals surface area contributed by atoms with Gasteiger partial charge < -0.3 is 14.9 Å². The number of amides is 2. The summed E-state index contributed by atoms with van der Waals surface area (Å²) < 4.78 is 0. The number of nitrogens with zero attached hydrogens (tertiary/aromatic N) is 3. The minimum absolute atomic E-state index is 0.0133. The molecule has 7 heteroatoms. The summed E-state index contributed by atoms with van der Waals surface area (Å²) in [7, 11) is 0. The van der Waals surface area contributed by atoms with E-state index in [-0.39, 0.29) is 17.9 Å². The molecular weight excluding hydrogens is 398 g/mol. The van der Waals surface area contributed by atoms with Crippen molar-refractivity contribution in [2.45, 2.75) is 63.1 Å². The van der Waals surface area contributed by atoms with Crippen LogP contribution in [0.15, 0.2) is 41.2 Å². The van der Waals surface area contributed by atoms with Crippen LogP contribution >= 0.6 is 11.3 Å². The van der Waals surface area contributed by atoms with Gasteiger partial charge in [-0.05, 0) is 44.1 Å². The number of hydrogen-bond acceptors (Lipinski definition) is 5. The maximum Gasteiger partial charge on any atom is 0.245 e. The first-order valence-electron chi connectivity index (χ1n) is 10.8. The van der Waals surface area contributed by atoms with Crippen LogP contribution in [0.1, 0.15) is 55.9 Å². The van der Waals surface area contributed by atoms with E-state index >= 15 is 0 Å². The summed E-state index contributed by atoms with van der Waals surface area (Å²) in [5.41, 5.74) is 3.56. The molecule has 0 saturated carbocycles. The second-order valence-electron chi connectivity index (χ2n) is 8.18. The summed E-state index contributed by atoms with van der Waals surface area (Å²) in [6.45, 7) is 1.28.